The van der Waals surface area contributed by atoms with E-state index in [2.05, 4.69) is 11.0 Å². The van der Waals surface area contributed by atoms with Gasteiger partial charge in [-0.25, -0.2) is 9.69 Å². The molecule has 0 bridgehead atoms. The zero-order chi connectivity index (χ0) is 24.9. The number of rotatable bonds is 4. The number of hydrogen-bond acceptors (Lipinski definition) is 5. The van der Waals surface area contributed by atoms with E-state index in [1.165, 1.54) is 4.90 Å². The number of aryl methyl sites for hydroxylation is 1. The van der Waals surface area contributed by atoms with Crippen LogP contribution in [0.25, 0.3) is 0 Å². The summed E-state index contributed by atoms with van der Waals surface area (Å²) < 4.78 is 5.78. The van der Waals surface area contributed by atoms with Gasteiger partial charge in [0.1, 0.15) is 17.1 Å². The molecule has 2 atom stereocenters. The summed E-state index contributed by atoms with van der Waals surface area (Å²) in [4.78, 5) is 32.5. The maximum atomic E-state index is 14.2. The minimum Gasteiger partial charge on any atom is -0.465 e. The van der Waals surface area contributed by atoms with Crippen LogP contribution >= 0.6 is 23.2 Å². The van der Waals surface area contributed by atoms with E-state index in [1.54, 1.807) is 37.4 Å². The maximum absolute atomic E-state index is 14.2. The molecule has 2 aromatic carbocycles. The first-order chi connectivity index (χ1) is 16.7. The van der Waals surface area contributed by atoms with E-state index in [0.29, 0.717) is 40.9 Å². The van der Waals surface area contributed by atoms with Crippen LogP contribution in [0.5, 0.6) is 0 Å². The molecule has 35 heavy (non-hydrogen) atoms. The van der Waals surface area contributed by atoms with E-state index in [-0.39, 0.29) is 11.8 Å². The van der Waals surface area contributed by atoms with Gasteiger partial charge in [0.05, 0.1) is 23.9 Å². The fourth-order valence-corrected chi connectivity index (χ4v) is 5.72. The second-order valence-electron chi connectivity index (χ2n) is 9.00. The molecule has 3 amide bonds. The summed E-state index contributed by atoms with van der Waals surface area (Å²) in [7, 11) is 1.66. The highest BCUT2D eigenvalue weighted by atomic mass is 35.5. The zero-order valence-electron chi connectivity index (χ0n) is 19.2. The van der Waals surface area contributed by atoms with Crippen molar-refractivity contribution < 1.29 is 14.0 Å². The summed E-state index contributed by atoms with van der Waals surface area (Å²) in [5.41, 5.74) is 0.587. The number of furan rings is 1. The Morgan fingerprint density at radius 2 is 1.77 bits per heavy atom. The van der Waals surface area contributed by atoms with E-state index in [0.717, 1.165) is 22.0 Å². The summed E-state index contributed by atoms with van der Waals surface area (Å²) in [6, 6.07) is 17.4. The molecule has 3 heterocycles. The predicted molar refractivity (Wildman–Crippen MR) is 132 cm³/mol. The Hall–Kier alpha value is -3.31. The number of urea groups is 1. The van der Waals surface area contributed by atoms with Gasteiger partial charge in [0.2, 0.25) is 0 Å². The van der Waals surface area contributed by atoms with Gasteiger partial charge in [-0.05, 0) is 55.0 Å². The molecule has 0 N–H and O–H groups in total. The van der Waals surface area contributed by atoms with Crippen LogP contribution < -0.4 is 4.90 Å². The number of benzene rings is 2. The Morgan fingerprint density at radius 1 is 1.09 bits per heavy atom. The minimum atomic E-state index is -1.15. The molecule has 0 radical (unpaired) electrons. The van der Waals surface area contributed by atoms with Crippen molar-refractivity contribution in [3.05, 3.63) is 87.3 Å². The Labute approximate surface area is 213 Å². The van der Waals surface area contributed by atoms with Gasteiger partial charge in [0, 0.05) is 36.1 Å². The number of imide groups is 1. The molecular weight excluding hydrogens is 487 g/mol. The number of halogens is 2. The number of nitriles is 1. The first kappa shape index (κ1) is 23.4. The normalized spacial score (nSPS) is 22.4. The SMILES string of the molecule is Cc1ccc(CN2CC(c3ccc(C#N)cc3)C3(C2)C(=O)N(c2cc(Cl)cc(Cl)c2)C(=O)N3C)o1. The lowest BCUT2D eigenvalue weighted by molar-refractivity contribution is -0.124. The van der Waals surface area contributed by atoms with Crippen LogP contribution in [-0.4, -0.2) is 47.4 Å². The highest BCUT2D eigenvalue weighted by Gasteiger charge is 2.64. The zero-order valence-corrected chi connectivity index (χ0v) is 20.7. The molecule has 0 saturated carbocycles. The van der Waals surface area contributed by atoms with E-state index >= 15 is 0 Å². The molecule has 9 heteroatoms. The summed E-state index contributed by atoms with van der Waals surface area (Å²) in [6.45, 7) is 3.23. The van der Waals surface area contributed by atoms with E-state index in [9.17, 15) is 14.9 Å². The standard InChI is InChI=1S/C26H22Cl2N4O3/c1-16-3-8-22(35-16)13-31-14-23(18-6-4-17(12-29)5-7-18)26(15-31)24(33)32(25(34)30(26)2)21-10-19(27)9-20(28)11-21/h3-11,23H,13-15H2,1-2H3. The highest BCUT2D eigenvalue weighted by molar-refractivity contribution is 6.35. The van der Waals surface area contributed by atoms with Gasteiger partial charge in [-0.3, -0.25) is 9.69 Å². The second-order valence-corrected chi connectivity index (χ2v) is 9.88. The van der Waals surface area contributed by atoms with Crippen LogP contribution in [0, 0.1) is 18.3 Å². The number of anilines is 1. The number of carbonyl (C=O) groups excluding carboxylic acids is 2. The summed E-state index contributed by atoms with van der Waals surface area (Å²) in [5.74, 6) is 0.935. The van der Waals surface area contributed by atoms with Gasteiger partial charge < -0.3 is 9.32 Å². The molecule has 3 aromatic rings. The molecule has 0 aliphatic carbocycles. The quantitative estimate of drug-likeness (QED) is 0.452. The van der Waals surface area contributed by atoms with Gasteiger partial charge in [-0.15, -0.1) is 0 Å². The number of hydrogen-bond donors (Lipinski definition) is 0. The first-order valence-corrected chi connectivity index (χ1v) is 11.8. The van der Waals surface area contributed by atoms with Crippen molar-refractivity contribution >= 4 is 40.8 Å². The van der Waals surface area contributed by atoms with Gasteiger partial charge in [-0.2, -0.15) is 5.26 Å². The molecule has 2 aliphatic heterocycles. The lowest BCUT2D eigenvalue weighted by Crippen LogP contribution is -2.53. The van der Waals surface area contributed by atoms with Crippen LogP contribution in [0.4, 0.5) is 10.5 Å². The molecule has 1 aromatic heterocycles. The molecule has 5 rings (SSSR count). The van der Waals surface area contributed by atoms with Gasteiger partial charge in [0.15, 0.2) is 0 Å². The van der Waals surface area contributed by atoms with Crippen LogP contribution in [0.3, 0.4) is 0 Å². The number of likely N-dealkylation sites (N-methyl/N-ethyl adjacent to an activating group) is 1. The maximum Gasteiger partial charge on any atom is 0.332 e. The Morgan fingerprint density at radius 3 is 2.37 bits per heavy atom. The predicted octanol–water partition coefficient (Wildman–Crippen LogP) is 5.20. The summed E-state index contributed by atoms with van der Waals surface area (Å²) in [5, 5.41) is 9.90. The van der Waals surface area contributed by atoms with Crippen molar-refractivity contribution in [3.8, 4) is 6.07 Å². The van der Waals surface area contributed by atoms with Gasteiger partial charge in [0.25, 0.3) is 5.91 Å². The molecule has 178 valence electrons. The second kappa shape index (κ2) is 8.72. The lowest BCUT2D eigenvalue weighted by atomic mass is 9.80. The van der Waals surface area contributed by atoms with Crippen molar-refractivity contribution in [2.45, 2.75) is 24.9 Å². The first-order valence-electron chi connectivity index (χ1n) is 11.1. The van der Waals surface area contributed by atoms with Crippen LogP contribution in [-0.2, 0) is 11.3 Å². The third-order valence-electron chi connectivity index (χ3n) is 6.86. The number of amides is 3. The number of carbonyl (C=O) groups is 2. The van der Waals surface area contributed by atoms with E-state index in [1.807, 2.05) is 31.2 Å². The van der Waals surface area contributed by atoms with Crippen molar-refractivity contribution in [3.63, 3.8) is 0 Å². The summed E-state index contributed by atoms with van der Waals surface area (Å²) in [6.07, 6.45) is 0. The monoisotopic (exact) mass is 508 g/mol. The molecule has 7 nitrogen and oxygen atoms in total. The Kier molecular flexibility index (Phi) is 5.84. The fourth-order valence-electron chi connectivity index (χ4n) is 5.20. The average Bonchev–Trinajstić information content (AvgIpc) is 3.46. The van der Waals surface area contributed by atoms with Crippen LogP contribution in [0.2, 0.25) is 10.0 Å². The third-order valence-corrected chi connectivity index (χ3v) is 7.29. The lowest BCUT2D eigenvalue weighted by Gasteiger charge is -2.34. The smallest absolute Gasteiger partial charge is 0.332 e. The topological polar surface area (TPSA) is 80.8 Å². The molecule has 2 aliphatic rings. The molecule has 2 saturated heterocycles. The van der Waals surface area contributed by atoms with E-state index in [4.69, 9.17) is 27.6 Å². The summed E-state index contributed by atoms with van der Waals surface area (Å²) >= 11 is 12.4. The molecule has 2 unspecified atom stereocenters. The average molecular weight is 509 g/mol. The Bertz CT molecular complexity index is 1340. The highest BCUT2D eigenvalue weighted by Crippen LogP contribution is 2.47. The van der Waals surface area contributed by atoms with Crippen LogP contribution in [0.15, 0.2) is 59.0 Å². The third kappa shape index (κ3) is 3.88. The van der Waals surface area contributed by atoms with Crippen LogP contribution in [0.1, 0.15) is 28.6 Å². The van der Waals surface area contributed by atoms with Crippen molar-refractivity contribution in [2.24, 2.45) is 0 Å². The molecule has 2 fully saturated rings. The number of likely N-dealkylation sites (tertiary alicyclic amines) is 1. The fraction of sp³-hybridized carbons (Fsp3) is 0.269. The number of nitrogens with zero attached hydrogens (tertiary/aromatic N) is 4. The largest absolute Gasteiger partial charge is 0.465 e. The molecule has 1 spiro atoms. The van der Waals surface area contributed by atoms with E-state index < -0.39 is 11.6 Å². The van der Waals surface area contributed by atoms with Crippen molar-refractivity contribution in [1.29, 1.82) is 5.26 Å². The molecular formula is C26H22Cl2N4O3. The minimum absolute atomic E-state index is 0.323. The van der Waals surface area contributed by atoms with Crippen molar-refractivity contribution in [2.75, 3.05) is 25.0 Å². The Balaban J connectivity index is 1.58. The van der Waals surface area contributed by atoms with Gasteiger partial charge in [-0.1, -0.05) is 35.3 Å². The van der Waals surface area contributed by atoms with Gasteiger partial charge >= 0.3 is 6.03 Å². The van der Waals surface area contributed by atoms with Crippen molar-refractivity contribution in [1.82, 2.24) is 9.80 Å².